The van der Waals surface area contributed by atoms with Crippen LogP contribution >= 0.6 is 0 Å². The van der Waals surface area contributed by atoms with Crippen molar-refractivity contribution >= 4 is 12.1 Å². The fourth-order valence-electron chi connectivity index (χ4n) is 2.49. The summed E-state index contributed by atoms with van der Waals surface area (Å²) in [7, 11) is 3.35. The zero-order valence-corrected chi connectivity index (χ0v) is 14.5. The first kappa shape index (κ1) is 17.8. The molecule has 0 bridgehead atoms. The first-order chi connectivity index (χ1) is 11.7. The number of ether oxygens (including phenoxy) is 2. The van der Waals surface area contributed by atoms with Gasteiger partial charge in [0.1, 0.15) is 0 Å². The zero-order chi connectivity index (χ0) is 17.4. The highest BCUT2D eigenvalue weighted by molar-refractivity contribution is 5.80. The van der Waals surface area contributed by atoms with Gasteiger partial charge in [-0.15, -0.1) is 0 Å². The molecule has 1 fully saturated rings. The third-order valence-electron chi connectivity index (χ3n) is 3.73. The van der Waals surface area contributed by atoms with Gasteiger partial charge in [0.25, 0.3) is 0 Å². The van der Waals surface area contributed by atoms with Crippen LogP contribution in [0.1, 0.15) is 12.6 Å². The molecule has 1 aliphatic rings. The fraction of sp³-hybridized carbons (Fsp3) is 0.562. The summed E-state index contributed by atoms with van der Waals surface area (Å²) in [5.74, 6) is 1.38. The molecule has 0 unspecified atom stereocenters. The molecule has 2 heterocycles. The summed E-state index contributed by atoms with van der Waals surface area (Å²) >= 11 is 0. The van der Waals surface area contributed by atoms with Crippen molar-refractivity contribution in [2.24, 2.45) is 4.99 Å². The number of hydrogen-bond acceptors (Lipinski definition) is 5. The van der Waals surface area contributed by atoms with Gasteiger partial charge in [0.05, 0.1) is 26.0 Å². The van der Waals surface area contributed by atoms with E-state index in [2.05, 4.69) is 20.2 Å². The van der Waals surface area contributed by atoms with Gasteiger partial charge in [-0.1, -0.05) is 6.07 Å². The van der Waals surface area contributed by atoms with Crippen LogP contribution in [0.3, 0.4) is 0 Å². The normalized spacial score (nSPS) is 15.2. The number of carbonyl (C=O) groups is 1. The lowest BCUT2D eigenvalue weighted by Gasteiger charge is -2.35. The van der Waals surface area contributed by atoms with Crippen LogP contribution in [0.5, 0.6) is 5.88 Å². The number of rotatable bonds is 4. The van der Waals surface area contributed by atoms with Gasteiger partial charge in [-0.3, -0.25) is 4.99 Å². The Morgan fingerprint density at radius 1 is 1.29 bits per heavy atom. The molecule has 0 saturated carbocycles. The van der Waals surface area contributed by atoms with Gasteiger partial charge in [-0.25, -0.2) is 9.78 Å². The summed E-state index contributed by atoms with van der Waals surface area (Å²) in [5, 5.41) is 3.30. The van der Waals surface area contributed by atoms with Crippen molar-refractivity contribution in [1.82, 2.24) is 20.1 Å². The lowest BCUT2D eigenvalue weighted by molar-refractivity contribution is 0.0914. The summed E-state index contributed by atoms with van der Waals surface area (Å²) < 4.78 is 10.2. The van der Waals surface area contributed by atoms with Crippen molar-refractivity contribution in [2.75, 3.05) is 46.9 Å². The number of aliphatic imine (C=N–C) groups is 1. The van der Waals surface area contributed by atoms with Crippen LogP contribution < -0.4 is 10.1 Å². The highest BCUT2D eigenvalue weighted by Gasteiger charge is 2.23. The van der Waals surface area contributed by atoms with Crippen molar-refractivity contribution < 1.29 is 14.3 Å². The lowest BCUT2D eigenvalue weighted by Crippen LogP contribution is -2.53. The molecule has 8 heteroatoms. The predicted octanol–water partition coefficient (Wildman–Crippen LogP) is 0.940. The van der Waals surface area contributed by atoms with Crippen molar-refractivity contribution in [3.8, 4) is 5.88 Å². The van der Waals surface area contributed by atoms with Crippen LogP contribution in [0.2, 0.25) is 0 Å². The minimum Gasteiger partial charge on any atom is -0.481 e. The standard InChI is InChI=1S/C16H25N5O3/c1-4-24-16(22)21-10-8-20(9-11-21)15(17-2)18-12-13-6-5-7-14(19-13)23-3/h5-7H,4,8-12H2,1-3H3,(H,17,18). The Kier molecular flexibility index (Phi) is 6.65. The third kappa shape index (κ3) is 4.74. The van der Waals surface area contributed by atoms with E-state index in [1.807, 2.05) is 25.1 Å². The van der Waals surface area contributed by atoms with Gasteiger partial charge in [0, 0.05) is 39.3 Å². The molecular formula is C16H25N5O3. The van der Waals surface area contributed by atoms with Crippen LogP contribution in [-0.4, -0.2) is 73.8 Å². The average Bonchev–Trinajstić information content (AvgIpc) is 2.63. The number of nitrogens with zero attached hydrogens (tertiary/aromatic N) is 4. The van der Waals surface area contributed by atoms with Gasteiger partial charge >= 0.3 is 6.09 Å². The van der Waals surface area contributed by atoms with Crippen LogP contribution in [0.15, 0.2) is 23.2 Å². The van der Waals surface area contributed by atoms with Crippen molar-refractivity contribution in [2.45, 2.75) is 13.5 Å². The molecule has 8 nitrogen and oxygen atoms in total. The van der Waals surface area contributed by atoms with Crippen molar-refractivity contribution in [3.05, 3.63) is 23.9 Å². The van der Waals surface area contributed by atoms with E-state index in [4.69, 9.17) is 9.47 Å². The Labute approximate surface area is 142 Å². The summed E-state index contributed by atoms with van der Waals surface area (Å²) in [6.07, 6.45) is -0.249. The summed E-state index contributed by atoms with van der Waals surface area (Å²) in [6.45, 7) is 5.44. The zero-order valence-electron chi connectivity index (χ0n) is 14.5. The van der Waals surface area contributed by atoms with Crippen molar-refractivity contribution in [3.63, 3.8) is 0 Å². The third-order valence-corrected chi connectivity index (χ3v) is 3.73. The number of pyridine rings is 1. The molecular weight excluding hydrogens is 310 g/mol. The molecule has 24 heavy (non-hydrogen) atoms. The molecule has 1 aromatic heterocycles. The quantitative estimate of drug-likeness (QED) is 0.652. The second-order valence-electron chi connectivity index (χ2n) is 5.25. The Morgan fingerprint density at radius 2 is 2.00 bits per heavy atom. The Balaban J connectivity index is 1.85. The number of aromatic nitrogens is 1. The van der Waals surface area contributed by atoms with Gasteiger partial charge in [-0.05, 0) is 13.0 Å². The van der Waals surface area contributed by atoms with Crippen LogP contribution in [-0.2, 0) is 11.3 Å². The molecule has 1 amide bonds. The number of methoxy groups -OCH3 is 1. The maximum atomic E-state index is 11.7. The molecule has 0 aliphatic carbocycles. The van der Waals surface area contributed by atoms with Gasteiger partial charge < -0.3 is 24.6 Å². The first-order valence-electron chi connectivity index (χ1n) is 8.05. The van der Waals surface area contributed by atoms with Gasteiger partial charge in [0.2, 0.25) is 5.88 Å². The molecule has 0 spiro atoms. The van der Waals surface area contributed by atoms with Gasteiger partial charge in [-0.2, -0.15) is 0 Å². The summed E-state index contributed by atoms with van der Waals surface area (Å²) in [6, 6.07) is 5.65. The molecule has 0 atom stereocenters. The van der Waals surface area contributed by atoms with Crippen molar-refractivity contribution in [1.29, 1.82) is 0 Å². The smallest absolute Gasteiger partial charge is 0.409 e. The van der Waals surface area contributed by atoms with Crippen LogP contribution in [0, 0.1) is 0 Å². The Morgan fingerprint density at radius 3 is 2.62 bits per heavy atom. The number of amides is 1. The second kappa shape index (κ2) is 8.95. The van der Waals surface area contributed by atoms with E-state index in [9.17, 15) is 4.79 Å². The van der Waals surface area contributed by atoms with E-state index < -0.39 is 0 Å². The number of hydrogen-bond donors (Lipinski definition) is 1. The maximum absolute atomic E-state index is 11.7. The van der Waals surface area contributed by atoms with E-state index >= 15 is 0 Å². The van der Waals surface area contributed by atoms with Gasteiger partial charge in [0.15, 0.2) is 5.96 Å². The molecule has 1 N–H and O–H groups in total. The van der Waals surface area contributed by atoms with Crippen LogP contribution in [0.4, 0.5) is 4.79 Å². The lowest BCUT2D eigenvalue weighted by atomic mass is 10.3. The molecule has 0 radical (unpaired) electrons. The predicted molar refractivity (Wildman–Crippen MR) is 91.2 cm³/mol. The second-order valence-corrected chi connectivity index (χ2v) is 5.25. The molecule has 1 aliphatic heterocycles. The summed E-state index contributed by atoms with van der Waals surface area (Å²) in [4.78, 5) is 24.3. The first-order valence-corrected chi connectivity index (χ1v) is 8.05. The summed E-state index contributed by atoms with van der Waals surface area (Å²) in [5.41, 5.74) is 0.876. The van der Waals surface area contributed by atoms with E-state index in [0.717, 1.165) is 11.7 Å². The van der Waals surface area contributed by atoms with E-state index in [0.29, 0.717) is 45.2 Å². The molecule has 2 rings (SSSR count). The largest absolute Gasteiger partial charge is 0.481 e. The molecule has 1 saturated heterocycles. The average molecular weight is 335 g/mol. The number of piperazine rings is 1. The molecule has 1 aromatic rings. The maximum Gasteiger partial charge on any atom is 0.409 e. The minimum absolute atomic E-state index is 0.249. The highest BCUT2D eigenvalue weighted by Crippen LogP contribution is 2.07. The van der Waals surface area contributed by atoms with E-state index in [1.54, 1.807) is 19.1 Å². The highest BCUT2D eigenvalue weighted by atomic mass is 16.6. The molecule has 132 valence electrons. The van der Waals surface area contributed by atoms with Crippen LogP contribution in [0.25, 0.3) is 0 Å². The van der Waals surface area contributed by atoms with E-state index in [-0.39, 0.29) is 6.09 Å². The topological polar surface area (TPSA) is 79.3 Å². The fourth-order valence-corrected chi connectivity index (χ4v) is 2.49. The SMILES string of the molecule is CCOC(=O)N1CCN(C(=NC)NCc2cccc(OC)n2)CC1. The monoisotopic (exact) mass is 335 g/mol. The Bertz CT molecular complexity index is 571. The molecule has 0 aromatic carbocycles. The Hall–Kier alpha value is -2.51. The number of nitrogens with one attached hydrogen (secondary N) is 1. The number of guanidine groups is 1. The minimum atomic E-state index is -0.249. The number of carbonyl (C=O) groups excluding carboxylic acids is 1. The van der Waals surface area contributed by atoms with E-state index in [1.165, 1.54) is 0 Å².